The molecule has 0 unspecified atom stereocenters. The number of aryl methyl sites for hydroxylation is 1. The van der Waals surface area contributed by atoms with E-state index in [1.807, 2.05) is 0 Å². The quantitative estimate of drug-likeness (QED) is 0.761. The van der Waals surface area contributed by atoms with Crippen LogP contribution in [-0.2, 0) is 11.2 Å². The van der Waals surface area contributed by atoms with Crippen LogP contribution in [0.3, 0.4) is 0 Å². The van der Waals surface area contributed by atoms with Gasteiger partial charge in [-0.3, -0.25) is 0 Å². The van der Waals surface area contributed by atoms with Crippen molar-refractivity contribution in [3.8, 4) is 5.75 Å². The molecule has 0 aromatic heterocycles. The van der Waals surface area contributed by atoms with Crippen molar-refractivity contribution >= 4 is 0 Å². The summed E-state index contributed by atoms with van der Waals surface area (Å²) in [5, 5.41) is 0. The summed E-state index contributed by atoms with van der Waals surface area (Å²) in [6, 6.07) is 8.79. The van der Waals surface area contributed by atoms with Crippen LogP contribution >= 0.6 is 0 Å². The van der Waals surface area contributed by atoms with Crippen LogP contribution < -0.4 is 4.74 Å². The van der Waals surface area contributed by atoms with Gasteiger partial charge in [0, 0.05) is 12.8 Å². The zero-order valence-corrected chi connectivity index (χ0v) is 13.9. The third kappa shape index (κ3) is 4.74. The summed E-state index contributed by atoms with van der Waals surface area (Å²) in [7, 11) is 0. The molecule has 1 heterocycles. The highest BCUT2D eigenvalue weighted by Crippen LogP contribution is 2.31. The van der Waals surface area contributed by atoms with Gasteiger partial charge in [-0.25, -0.2) is 0 Å². The highest BCUT2D eigenvalue weighted by molar-refractivity contribution is 5.27. The van der Waals surface area contributed by atoms with Crippen molar-refractivity contribution in [3.63, 3.8) is 0 Å². The van der Waals surface area contributed by atoms with Gasteiger partial charge in [-0.15, -0.1) is 0 Å². The van der Waals surface area contributed by atoms with Gasteiger partial charge < -0.3 is 9.47 Å². The van der Waals surface area contributed by atoms with E-state index < -0.39 is 0 Å². The van der Waals surface area contributed by atoms with Crippen LogP contribution in [-0.4, -0.2) is 19.3 Å². The zero-order valence-electron chi connectivity index (χ0n) is 13.9. The molecule has 0 amide bonds. The second-order valence-electron chi connectivity index (χ2n) is 7.24. The van der Waals surface area contributed by atoms with Crippen LogP contribution in [0.15, 0.2) is 24.3 Å². The first-order valence-electron chi connectivity index (χ1n) is 9.13. The number of rotatable bonds is 5. The molecule has 2 aliphatic rings. The minimum atomic E-state index is 0.337. The predicted molar refractivity (Wildman–Crippen MR) is 90.4 cm³/mol. The normalized spacial score (nSPS) is 26.8. The van der Waals surface area contributed by atoms with Crippen LogP contribution in [0, 0.1) is 11.8 Å². The number of hydrogen-bond acceptors (Lipinski definition) is 2. The molecule has 1 aromatic carbocycles. The molecule has 1 saturated heterocycles. The van der Waals surface area contributed by atoms with Gasteiger partial charge in [0.25, 0.3) is 0 Å². The largest absolute Gasteiger partial charge is 0.490 e. The first kappa shape index (κ1) is 15.9. The maximum atomic E-state index is 6.04. The number of benzene rings is 1. The molecule has 2 heteroatoms. The topological polar surface area (TPSA) is 18.5 Å². The lowest BCUT2D eigenvalue weighted by Gasteiger charge is -2.26. The minimum Gasteiger partial charge on any atom is -0.490 e. The van der Waals surface area contributed by atoms with Crippen molar-refractivity contribution in [2.45, 2.75) is 64.4 Å². The second kappa shape index (κ2) is 8.01. The highest BCUT2D eigenvalue weighted by atomic mass is 16.5. The Kier molecular flexibility index (Phi) is 5.77. The summed E-state index contributed by atoms with van der Waals surface area (Å²) in [5.41, 5.74) is 1.46. The first-order valence-corrected chi connectivity index (χ1v) is 9.13. The fourth-order valence-corrected chi connectivity index (χ4v) is 3.71. The van der Waals surface area contributed by atoms with E-state index in [1.165, 1.54) is 44.1 Å². The van der Waals surface area contributed by atoms with E-state index in [2.05, 4.69) is 31.2 Å². The minimum absolute atomic E-state index is 0.337. The van der Waals surface area contributed by atoms with E-state index in [1.54, 1.807) is 0 Å². The van der Waals surface area contributed by atoms with E-state index in [9.17, 15) is 0 Å². The van der Waals surface area contributed by atoms with Gasteiger partial charge in [-0.1, -0.05) is 44.7 Å². The molecule has 1 aliphatic carbocycles. The molecule has 2 fully saturated rings. The first-order chi connectivity index (χ1) is 10.8. The maximum Gasteiger partial charge on any atom is 0.119 e. The lowest BCUT2D eigenvalue weighted by Crippen LogP contribution is -2.25. The molecule has 0 spiro atoms. The average molecular weight is 302 g/mol. The number of ether oxygens (including phenoxy) is 2. The fraction of sp³-hybridized carbons (Fsp3) is 0.700. The van der Waals surface area contributed by atoms with Crippen molar-refractivity contribution in [1.82, 2.24) is 0 Å². The molecular weight excluding hydrogens is 272 g/mol. The van der Waals surface area contributed by atoms with Crippen LogP contribution in [0.2, 0.25) is 0 Å². The van der Waals surface area contributed by atoms with E-state index in [-0.39, 0.29) is 0 Å². The third-order valence-electron chi connectivity index (χ3n) is 5.37. The molecule has 122 valence electrons. The van der Waals surface area contributed by atoms with Gasteiger partial charge in [0.2, 0.25) is 0 Å². The van der Waals surface area contributed by atoms with Gasteiger partial charge >= 0.3 is 0 Å². The Morgan fingerprint density at radius 3 is 2.32 bits per heavy atom. The number of hydrogen-bond donors (Lipinski definition) is 0. The Hall–Kier alpha value is -1.02. The van der Waals surface area contributed by atoms with Crippen LogP contribution in [0.5, 0.6) is 5.75 Å². The average Bonchev–Trinajstić information content (AvgIpc) is 2.57. The Morgan fingerprint density at radius 2 is 1.64 bits per heavy atom. The summed E-state index contributed by atoms with van der Waals surface area (Å²) >= 11 is 0. The van der Waals surface area contributed by atoms with Crippen LogP contribution in [0.25, 0.3) is 0 Å². The molecule has 3 rings (SSSR count). The van der Waals surface area contributed by atoms with Gasteiger partial charge in [-0.2, -0.15) is 0 Å². The van der Waals surface area contributed by atoms with Gasteiger partial charge in [0.05, 0.1) is 13.2 Å². The highest BCUT2D eigenvalue weighted by Gasteiger charge is 2.18. The smallest absolute Gasteiger partial charge is 0.119 e. The van der Waals surface area contributed by atoms with Crippen molar-refractivity contribution < 1.29 is 9.47 Å². The molecule has 1 saturated carbocycles. The van der Waals surface area contributed by atoms with Crippen molar-refractivity contribution in [1.29, 1.82) is 0 Å². The lowest BCUT2D eigenvalue weighted by atomic mass is 9.80. The van der Waals surface area contributed by atoms with E-state index in [0.29, 0.717) is 6.10 Å². The van der Waals surface area contributed by atoms with Crippen LogP contribution in [0.4, 0.5) is 0 Å². The fourth-order valence-electron chi connectivity index (χ4n) is 3.71. The zero-order chi connectivity index (χ0) is 15.2. The molecule has 1 aliphatic heterocycles. The van der Waals surface area contributed by atoms with Gasteiger partial charge in [-0.05, 0) is 42.4 Å². The maximum absolute atomic E-state index is 6.04. The van der Waals surface area contributed by atoms with E-state index in [4.69, 9.17) is 9.47 Å². The summed E-state index contributed by atoms with van der Waals surface area (Å²) in [6.07, 6.45) is 10.7. The van der Waals surface area contributed by atoms with Crippen molar-refractivity contribution in [2.24, 2.45) is 11.8 Å². The monoisotopic (exact) mass is 302 g/mol. The Bertz CT molecular complexity index is 426. The Morgan fingerprint density at radius 1 is 0.955 bits per heavy atom. The summed E-state index contributed by atoms with van der Waals surface area (Å²) in [6.45, 7) is 4.07. The molecular formula is C20H30O2. The summed E-state index contributed by atoms with van der Waals surface area (Å²) in [5.74, 6) is 2.93. The predicted octanol–water partition coefficient (Wildman–Crippen LogP) is 5.00. The lowest BCUT2D eigenvalue weighted by molar-refractivity contribution is 0.0255. The molecule has 0 N–H and O–H groups in total. The van der Waals surface area contributed by atoms with Gasteiger partial charge in [0.1, 0.15) is 11.9 Å². The van der Waals surface area contributed by atoms with Gasteiger partial charge in [0.15, 0.2) is 0 Å². The summed E-state index contributed by atoms with van der Waals surface area (Å²) < 4.78 is 11.4. The Labute approximate surface area is 135 Å². The second-order valence-corrected chi connectivity index (χ2v) is 7.24. The van der Waals surface area contributed by atoms with E-state index in [0.717, 1.165) is 43.6 Å². The molecule has 1 aromatic rings. The third-order valence-corrected chi connectivity index (χ3v) is 5.37. The molecule has 0 atom stereocenters. The molecule has 2 nitrogen and oxygen atoms in total. The van der Waals surface area contributed by atoms with Crippen LogP contribution in [0.1, 0.15) is 57.4 Å². The molecule has 0 bridgehead atoms. The molecule has 0 radical (unpaired) electrons. The van der Waals surface area contributed by atoms with Crippen molar-refractivity contribution in [2.75, 3.05) is 13.2 Å². The van der Waals surface area contributed by atoms with Crippen molar-refractivity contribution in [3.05, 3.63) is 29.8 Å². The standard InChI is InChI=1S/C20H30O2/c1-16-2-4-17(5-3-16)6-7-18-8-10-19(11-9-18)22-20-12-14-21-15-13-20/h8-11,16-17,20H,2-7,12-15H2,1H3. The summed E-state index contributed by atoms with van der Waals surface area (Å²) in [4.78, 5) is 0. The SMILES string of the molecule is CC1CCC(CCc2ccc(OC3CCOCC3)cc2)CC1. The molecule has 22 heavy (non-hydrogen) atoms. The Balaban J connectivity index is 1.43. The van der Waals surface area contributed by atoms with E-state index >= 15 is 0 Å².